The van der Waals surface area contributed by atoms with Crippen LogP contribution in [0.3, 0.4) is 0 Å². The lowest BCUT2D eigenvalue weighted by Gasteiger charge is -2.30. The highest BCUT2D eigenvalue weighted by molar-refractivity contribution is 5.70. The molecule has 0 saturated carbocycles. The number of aliphatic hydroxyl groups is 3. The molecule has 6 nitrogen and oxygen atoms in total. The Morgan fingerprint density at radius 1 is 1.35 bits per heavy atom. The van der Waals surface area contributed by atoms with E-state index < -0.39 is 29.9 Å². The molecule has 2 rings (SSSR count). The lowest BCUT2D eigenvalue weighted by molar-refractivity contribution is -0.151. The van der Waals surface area contributed by atoms with Crippen LogP contribution in [0.15, 0.2) is 60.5 Å². The van der Waals surface area contributed by atoms with Crippen molar-refractivity contribution < 1.29 is 24.9 Å². The van der Waals surface area contributed by atoms with Gasteiger partial charge in [-0.05, 0) is 43.9 Å². The molecular weight excluding hydrogens is 394 g/mol. The monoisotopic (exact) mass is 429 g/mol. The van der Waals surface area contributed by atoms with Gasteiger partial charge in [-0.1, -0.05) is 50.3 Å². The van der Waals surface area contributed by atoms with Gasteiger partial charge in [-0.3, -0.25) is 9.78 Å². The van der Waals surface area contributed by atoms with Crippen molar-refractivity contribution >= 4 is 5.97 Å². The standard InChI is InChI=1S/C25H35NO5/c1-17(20-9-6-14-26-16-20)7-5-8-18(2)24-19(3)10-11-22(28)25(4,30)13-12-21(27)15-23(29)31-24/h5-11,14,16-17,19,21-22,24,27-28,30H,12-13,15H2,1-4H3/b7-5+,11-10+,18-8+/t17?,19-,21+,22-,24+,25+/m0/s1. The Balaban J connectivity index is 2.21. The van der Waals surface area contributed by atoms with E-state index >= 15 is 0 Å². The van der Waals surface area contributed by atoms with E-state index in [1.807, 2.05) is 50.4 Å². The van der Waals surface area contributed by atoms with Crippen LogP contribution < -0.4 is 0 Å². The Kier molecular flexibility index (Phi) is 9.16. The number of rotatable bonds is 4. The van der Waals surface area contributed by atoms with Crippen molar-refractivity contribution in [3.8, 4) is 0 Å². The lowest BCUT2D eigenvalue weighted by Crippen LogP contribution is -2.39. The molecule has 31 heavy (non-hydrogen) atoms. The first kappa shape index (κ1) is 25.0. The average Bonchev–Trinajstić information content (AvgIpc) is 2.73. The van der Waals surface area contributed by atoms with Gasteiger partial charge in [-0.15, -0.1) is 0 Å². The molecular formula is C25H35NO5. The fourth-order valence-corrected chi connectivity index (χ4v) is 3.52. The number of pyridine rings is 1. The molecule has 0 bridgehead atoms. The van der Waals surface area contributed by atoms with Crippen LogP contribution in [0.1, 0.15) is 58.4 Å². The van der Waals surface area contributed by atoms with Crippen molar-refractivity contribution in [2.24, 2.45) is 5.92 Å². The summed E-state index contributed by atoms with van der Waals surface area (Å²) in [5, 5.41) is 31.0. The summed E-state index contributed by atoms with van der Waals surface area (Å²) in [5.41, 5.74) is 0.563. The summed E-state index contributed by atoms with van der Waals surface area (Å²) in [6, 6.07) is 3.92. The fourth-order valence-electron chi connectivity index (χ4n) is 3.52. The molecule has 6 atom stereocenters. The molecule has 0 spiro atoms. The molecule has 6 heteroatoms. The summed E-state index contributed by atoms with van der Waals surface area (Å²) in [6.45, 7) is 7.38. The average molecular weight is 430 g/mol. The van der Waals surface area contributed by atoms with Gasteiger partial charge in [0, 0.05) is 24.2 Å². The number of nitrogens with zero attached hydrogens (tertiary/aromatic N) is 1. The maximum atomic E-state index is 12.4. The minimum Gasteiger partial charge on any atom is -0.457 e. The molecule has 0 radical (unpaired) electrons. The first-order valence-electron chi connectivity index (χ1n) is 10.8. The largest absolute Gasteiger partial charge is 0.457 e. The second kappa shape index (κ2) is 11.4. The third-order valence-corrected chi connectivity index (χ3v) is 5.77. The van der Waals surface area contributed by atoms with Crippen molar-refractivity contribution in [1.29, 1.82) is 0 Å². The van der Waals surface area contributed by atoms with Crippen LogP contribution in [0.2, 0.25) is 0 Å². The zero-order valence-corrected chi connectivity index (χ0v) is 18.8. The van der Waals surface area contributed by atoms with E-state index in [1.54, 1.807) is 12.3 Å². The van der Waals surface area contributed by atoms with Gasteiger partial charge in [0.1, 0.15) is 12.2 Å². The smallest absolute Gasteiger partial charge is 0.309 e. The van der Waals surface area contributed by atoms with Crippen LogP contribution in [0, 0.1) is 5.92 Å². The van der Waals surface area contributed by atoms with Gasteiger partial charge in [0.05, 0.1) is 18.1 Å². The van der Waals surface area contributed by atoms with Gasteiger partial charge >= 0.3 is 5.97 Å². The molecule has 1 aromatic heterocycles. The van der Waals surface area contributed by atoms with Crippen molar-refractivity contribution in [2.75, 3.05) is 0 Å². The molecule has 3 N–H and O–H groups in total. The number of allylic oxidation sites excluding steroid dienone is 3. The normalized spacial score (nSPS) is 33.3. The molecule has 1 unspecified atom stereocenters. The third kappa shape index (κ3) is 7.73. The first-order valence-corrected chi connectivity index (χ1v) is 10.8. The Bertz CT molecular complexity index is 799. The number of cyclic esters (lactones) is 1. The molecule has 1 aliphatic rings. The molecule has 0 aromatic carbocycles. The fraction of sp³-hybridized carbons (Fsp3) is 0.520. The predicted octanol–water partition coefficient (Wildman–Crippen LogP) is 3.45. The Morgan fingerprint density at radius 2 is 2.10 bits per heavy atom. The van der Waals surface area contributed by atoms with Gasteiger partial charge in [-0.25, -0.2) is 0 Å². The van der Waals surface area contributed by atoms with E-state index in [1.165, 1.54) is 13.0 Å². The summed E-state index contributed by atoms with van der Waals surface area (Å²) in [5.74, 6) is -0.535. The first-order chi connectivity index (χ1) is 14.6. The van der Waals surface area contributed by atoms with Crippen molar-refractivity contribution in [3.63, 3.8) is 0 Å². The van der Waals surface area contributed by atoms with Crippen molar-refractivity contribution in [3.05, 3.63) is 66.0 Å². The summed E-state index contributed by atoms with van der Waals surface area (Å²) in [7, 11) is 0. The molecule has 0 amide bonds. The quantitative estimate of drug-likeness (QED) is 0.385. The summed E-state index contributed by atoms with van der Waals surface area (Å²) in [4.78, 5) is 16.5. The Hall–Kier alpha value is -2.28. The number of carbonyl (C=O) groups is 1. The summed E-state index contributed by atoms with van der Waals surface area (Å²) in [6.07, 6.45) is 10.4. The summed E-state index contributed by atoms with van der Waals surface area (Å²) < 4.78 is 5.69. The zero-order valence-electron chi connectivity index (χ0n) is 18.8. The minimum absolute atomic E-state index is 0.153. The Labute approximate surface area is 185 Å². The van der Waals surface area contributed by atoms with Gasteiger partial charge < -0.3 is 20.1 Å². The van der Waals surface area contributed by atoms with E-state index in [0.717, 1.165) is 11.1 Å². The highest BCUT2D eigenvalue weighted by atomic mass is 16.5. The van der Waals surface area contributed by atoms with Gasteiger partial charge in [0.15, 0.2) is 0 Å². The lowest BCUT2D eigenvalue weighted by atomic mass is 9.89. The van der Waals surface area contributed by atoms with E-state index in [0.29, 0.717) is 0 Å². The van der Waals surface area contributed by atoms with Crippen LogP contribution in [0.25, 0.3) is 0 Å². The van der Waals surface area contributed by atoms with E-state index in [4.69, 9.17) is 4.74 Å². The maximum absolute atomic E-state index is 12.4. The molecule has 0 saturated heterocycles. The number of esters is 1. The van der Waals surface area contributed by atoms with Crippen LogP contribution >= 0.6 is 0 Å². The zero-order chi connectivity index (χ0) is 23.0. The number of aliphatic hydroxyl groups excluding tert-OH is 2. The van der Waals surface area contributed by atoms with Crippen molar-refractivity contribution in [1.82, 2.24) is 4.98 Å². The second-order valence-electron chi connectivity index (χ2n) is 8.72. The second-order valence-corrected chi connectivity index (χ2v) is 8.72. The van der Waals surface area contributed by atoms with Crippen molar-refractivity contribution in [2.45, 2.75) is 76.8 Å². The minimum atomic E-state index is -1.38. The van der Waals surface area contributed by atoms with Gasteiger partial charge in [-0.2, -0.15) is 0 Å². The molecule has 170 valence electrons. The van der Waals surface area contributed by atoms with Crippen LogP contribution in [-0.4, -0.2) is 50.2 Å². The summed E-state index contributed by atoms with van der Waals surface area (Å²) >= 11 is 0. The van der Waals surface area contributed by atoms with E-state index in [-0.39, 0.29) is 31.1 Å². The molecule has 2 heterocycles. The topological polar surface area (TPSA) is 99.9 Å². The molecule has 1 aliphatic heterocycles. The number of hydrogen-bond donors (Lipinski definition) is 3. The highest BCUT2D eigenvalue weighted by Gasteiger charge is 2.31. The van der Waals surface area contributed by atoms with Crippen LogP contribution in [0.4, 0.5) is 0 Å². The predicted molar refractivity (Wildman–Crippen MR) is 120 cm³/mol. The molecule has 0 fully saturated rings. The van der Waals surface area contributed by atoms with Crippen LogP contribution in [-0.2, 0) is 9.53 Å². The molecule has 1 aromatic rings. The SMILES string of the molecule is C/C(=C\C=C\C(C)c1cccnc1)[C@H]1OC(=O)C[C@H](O)CC[C@@](C)(O)[C@@H](O)/C=C/[C@@H]1C. The number of aromatic nitrogens is 1. The van der Waals surface area contributed by atoms with E-state index in [2.05, 4.69) is 11.9 Å². The number of carbonyl (C=O) groups excluding carboxylic acids is 1. The maximum Gasteiger partial charge on any atom is 0.309 e. The van der Waals surface area contributed by atoms with Gasteiger partial charge in [0.25, 0.3) is 0 Å². The molecule has 0 aliphatic carbocycles. The van der Waals surface area contributed by atoms with Gasteiger partial charge in [0.2, 0.25) is 0 Å². The highest BCUT2D eigenvalue weighted by Crippen LogP contribution is 2.25. The number of ether oxygens (including phenoxy) is 1. The Morgan fingerprint density at radius 3 is 2.77 bits per heavy atom. The van der Waals surface area contributed by atoms with Crippen LogP contribution in [0.5, 0.6) is 0 Å². The van der Waals surface area contributed by atoms with E-state index in [9.17, 15) is 20.1 Å². The third-order valence-electron chi connectivity index (χ3n) is 5.77. The number of hydrogen-bond acceptors (Lipinski definition) is 6.